The first-order valence-corrected chi connectivity index (χ1v) is 8.91. The number of aromatic nitrogens is 3. The summed E-state index contributed by atoms with van der Waals surface area (Å²) in [4.78, 5) is 30.3. The van der Waals surface area contributed by atoms with Gasteiger partial charge >= 0.3 is 0 Å². The molecule has 0 saturated carbocycles. The molecular formula is C20H23N5O2. The summed E-state index contributed by atoms with van der Waals surface area (Å²) in [6.07, 6.45) is 4.03. The van der Waals surface area contributed by atoms with E-state index in [1.807, 2.05) is 26.8 Å². The topological polar surface area (TPSA) is 92.2 Å². The van der Waals surface area contributed by atoms with Crippen molar-refractivity contribution in [1.29, 1.82) is 5.41 Å². The Kier molecular flexibility index (Phi) is 4.94. The lowest BCUT2D eigenvalue weighted by Gasteiger charge is -2.19. The fourth-order valence-electron chi connectivity index (χ4n) is 3.05. The van der Waals surface area contributed by atoms with Gasteiger partial charge in [-0.15, -0.1) is 6.58 Å². The van der Waals surface area contributed by atoms with Crippen molar-refractivity contribution in [2.75, 3.05) is 6.54 Å². The van der Waals surface area contributed by atoms with Crippen molar-refractivity contribution < 1.29 is 4.79 Å². The van der Waals surface area contributed by atoms with E-state index in [0.717, 1.165) is 12.0 Å². The molecule has 1 amide bonds. The predicted octanol–water partition coefficient (Wildman–Crippen LogP) is 2.32. The number of aryl methyl sites for hydroxylation is 1. The fourth-order valence-corrected chi connectivity index (χ4v) is 3.05. The van der Waals surface area contributed by atoms with Gasteiger partial charge in [0.1, 0.15) is 16.8 Å². The van der Waals surface area contributed by atoms with Gasteiger partial charge in [0, 0.05) is 18.8 Å². The van der Waals surface area contributed by atoms with Crippen LogP contribution in [0.5, 0.6) is 0 Å². The summed E-state index contributed by atoms with van der Waals surface area (Å²) in [5.41, 5.74) is 1.80. The van der Waals surface area contributed by atoms with Crippen molar-refractivity contribution >= 4 is 22.6 Å². The van der Waals surface area contributed by atoms with E-state index in [1.165, 1.54) is 10.5 Å². The molecule has 0 spiro atoms. The van der Waals surface area contributed by atoms with Crippen LogP contribution in [0.15, 0.2) is 41.8 Å². The lowest BCUT2D eigenvalue weighted by atomic mass is 10.1. The van der Waals surface area contributed by atoms with Crippen LogP contribution in [0.3, 0.4) is 0 Å². The average Bonchev–Trinajstić information content (AvgIpc) is 2.66. The molecule has 0 aliphatic rings. The van der Waals surface area contributed by atoms with Crippen molar-refractivity contribution in [3.05, 3.63) is 64.0 Å². The highest BCUT2D eigenvalue weighted by molar-refractivity contribution is 5.96. The molecule has 0 radical (unpaired) electrons. The smallest absolute Gasteiger partial charge is 0.267 e. The summed E-state index contributed by atoms with van der Waals surface area (Å²) in [6.45, 7) is 9.71. The molecule has 1 atom stereocenters. The molecule has 1 unspecified atom stereocenters. The molecule has 0 bridgehead atoms. The molecule has 140 valence electrons. The van der Waals surface area contributed by atoms with Crippen LogP contribution in [0.4, 0.5) is 0 Å². The van der Waals surface area contributed by atoms with Gasteiger partial charge in [-0.05, 0) is 38.0 Å². The van der Waals surface area contributed by atoms with E-state index >= 15 is 0 Å². The maximum Gasteiger partial charge on any atom is 0.267 e. The molecule has 7 heteroatoms. The number of carbonyl (C=O) groups excluding carboxylic acids is 1. The molecule has 7 nitrogen and oxygen atoms in total. The molecule has 0 fully saturated rings. The lowest BCUT2D eigenvalue weighted by Crippen LogP contribution is -2.36. The van der Waals surface area contributed by atoms with Gasteiger partial charge in [-0.3, -0.25) is 19.4 Å². The first-order valence-electron chi connectivity index (χ1n) is 8.91. The monoisotopic (exact) mass is 365 g/mol. The molecule has 27 heavy (non-hydrogen) atoms. The summed E-state index contributed by atoms with van der Waals surface area (Å²) < 4.78 is 3.15. The number of carbonyl (C=O) groups is 1. The van der Waals surface area contributed by atoms with Gasteiger partial charge in [0.2, 0.25) is 0 Å². The number of amides is 1. The normalized spacial score (nSPS) is 12.3. The van der Waals surface area contributed by atoms with E-state index in [-0.39, 0.29) is 29.2 Å². The van der Waals surface area contributed by atoms with Crippen LogP contribution >= 0.6 is 0 Å². The standard InChI is InChI=1S/C20H23N5O2/c1-5-9-22-19(26)14-10-15-18(25(17(14)21)13(4)6-2)23-16-8-7-12(3)11-24(16)20(15)27/h5,7-8,10-11,13,21H,1,6,9H2,2-4H3,(H,22,26). The van der Waals surface area contributed by atoms with Crippen molar-refractivity contribution in [2.45, 2.75) is 33.2 Å². The number of hydrogen-bond donors (Lipinski definition) is 2. The highest BCUT2D eigenvalue weighted by Crippen LogP contribution is 2.17. The average molecular weight is 365 g/mol. The van der Waals surface area contributed by atoms with Crippen LogP contribution in [0.2, 0.25) is 0 Å². The van der Waals surface area contributed by atoms with Crippen molar-refractivity contribution in [3.8, 4) is 0 Å². The zero-order valence-corrected chi connectivity index (χ0v) is 15.7. The number of fused-ring (bicyclic) bond motifs is 2. The minimum Gasteiger partial charge on any atom is -0.348 e. The molecule has 0 aliphatic carbocycles. The minimum absolute atomic E-state index is 0.0433. The van der Waals surface area contributed by atoms with Crippen molar-refractivity contribution in [2.24, 2.45) is 0 Å². The highest BCUT2D eigenvalue weighted by atomic mass is 16.1. The van der Waals surface area contributed by atoms with Gasteiger partial charge in [0.15, 0.2) is 0 Å². The number of pyridine rings is 2. The van der Waals surface area contributed by atoms with Crippen molar-refractivity contribution in [3.63, 3.8) is 0 Å². The summed E-state index contributed by atoms with van der Waals surface area (Å²) >= 11 is 0. The summed E-state index contributed by atoms with van der Waals surface area (Å²) in [5.74, 6) is -0.410. The number of nitrogens with zero attached hydrogens (tertiary/aromatic N) is 3. The Labute approximate surface area is 156 Å². The van der Waals surface area contributed by atoms with Crippen LogP contribution < -0.4 is 16.4 Å². The zero-order chi connectivity index (χ0) is 19.7. The minimum atomic E-state index is -0.410. The molecule has 0 saturated heterocycles. The molecule has 3 aromatic heterocycles. The Balaban J connectivity index is 2.45. The maximum absolute atomic E-state index is 13.1. The van der Waals surface area contributed by atoms with Crippen LogP contribution in [0.25, 0.3) is 16.7 Å². The maximum atomic E-state index is 13.1. The summed E-state index contributed by atoms with van der Waals surface area (Å²) in [5, 5.41) is 11.6. The number of hydrogen-bond acceptors (Lipinski definition) is 4. The van der Waals surface area contributed by atoms with E-state index in [0.29, 0.717) is 16.7 Å². The van der Waals surface area contributed by atoms with E-state index in [1.54, 1.807) is 22.9 Å². The summed E-state index contributed by atoms with van der Waals surface area (Å²) in [7, 11) is 0. The van der Waals surface area contributed by atoms with Gasteiger partial charge in [0.25, 0.3) is 11.5 Å². The molecule has 2 N–H and O–H groups in total. The Morgan fingerprint density at radius 1 is 1.44 bits per heavy atom. The zero-order valence-electron chi connectivity index (χ0n) is 15.7. The van der Waals surface area contributed by atoms with Crippen LogP contribution in [-0.4, -0.2) is 26.4 Å². The SMILES string of the molecule is C=CCNC(=O)c1cc2c(=O)n3cc(C)ccc3nc2n(C(C)CC)c1=N. The quantitative estimate of drug-likeness (QED) is 0.537. The van der Waals surface area contributed by atoms with Gasteiger partial charge < -0.3 is 9.88 Å². The predicted molar refractivity (Wildman–Crippen MR) is 105 cm³/mol. The second-order valence-electron chi connectivity index (χ2n) is 6.62. The Bertz CT molecular complexity index is 1170. The van der Waals surface area contributed by atoms with E-state index in [2.05, 4.69) is 16.9 Å². The third-order valence-electron chi connectivity index (χ3n) is 4.68. The largest absolute Gasteiger partial charge is 0.348 e. The molecule has 3 heterocycles. The molecule has 0 aliphatic heterocycles. The highest BCUT2D eigenvalue weighted by Gasteiger charge is 2.19. The van der Waals surface area contributed by atoms with Crippen molar-refractivity contribution in [1.82, 2.24) is 19.3 Å². The van der Waals surface area contributed by atoms with E-state index in [9.17, 15) is 9.59 Å². The Morgan fingerprint density at radius 2 is 2.19 bits per heavy atom. The second-order valence-corrected chi connectivity index (χ2v) is 6.62. The van der Waals surface area contributed by atoms with Gasteiger partial charge in [-0.25, -0.2) is 4.98 Å². The first-order chi connectivity index (χ1) is 12.9. The second kappa shape index (κ2) is 7.19. The van der Waals surface area contributed by atoms with Gasteiger partial charge in [-0.1, -0.05) is 19.1 Å². The van der Waals surface area contributed by atoms with E-state index < -0.39 is 5.91 Å². The Morgan fingerprint density at radius 3 is 2.85 bits per heavy atom. The van der Waals surface area contributed by atoms with Crippen LogP contribution in [-0.2, 0) is 0 Å². The molecular weight excluding hydrogens is 342 g/mol. The molecule has 3 aromatic rings. The third kappa shape index (κ3) is 3.16. The first kappa shape index (κ1) is 18.6. The fraction of sp³-hybridized carbons (Fsp3) is 0.300. The lowest BCUT2D eigenvalue weighted by molar-refractivity contribution is 0.0955. The van der Waals surface area contributed by atoms with Gasteiger partial charge in [0.05, 0.1) is 10.9 Å². The number of nitrogens with one attached hydrogen (secondary N) is 2. The molecule has 0 aromatic carbocycles. The van der Waals surface area contributed by atoms with Gasteiger partial charge in [-0.2, -0.15) is 0 Å². The van der Waals surface area contributed by atoms with Crippen LogP contribution in [0.1, 0.15) is 42.2 Å². The summed E-state index contributed by atoms with van der Waals surface area (Å²) in [6, 6.07) is 5.05. The van der Waals surface area contributed by atoms with Crippen LogP contribution in [0, 0.1) is 12.3 Å². The third-order valence-corrected chi connectivity index (χ3v) is 4.68. The number of rotatable bonds is 5. The Hall–Kier alpha value is -3.22. The molecule has 3 rings (SSSR count). The van der Waals surface area contributed by atoms with E-state index in [4.69, 9.17) is 5.41 Å².